The van der Waals surface area contributed by atoms with Crippen molar-refractivity contribution in [2.45, 2.75) is 33.2 Å². The fourth-order valence-electron chi connectivity index (χ4n) is 0.908. The second-order valence-electron chi connectivity index (χ2n) is 2.86. The molecule has 4 heteroatoms. The van der Waals surface area contributed by atoms with Crippen LogP contribution in [0.25, 0.3) is 0 Å². The van der Waals surface area contributed by atoms with Crippen molar-refractivity contribution in [3.05, 3.63) is 0 Å². The molecule has 0 heterocycles. The van der Waals surface area contributed by atoms with Crippen LogP contribution in [0.4, 0.5) is 0 Å². The summed E-state index contributed by atoms with van der Waals surface area (Å²) < 4.78 is 0. The van der Waals surface area contributed by atoms with Gasteiger partial charge in [-0.1, -0.05) is 6.92 Å². The standard InChI is InChI=1S/C8H15NO3/c1-4-7(10)9(6(2)3)5-8(11)12/h6H,4-5H2,1-3H3,(H,11,12). The number of hydrogen-bond acceptors (Lipinski definition) is 2. The van der Waals surface area contributed by atoms with Crippen molar-refractivity contribution in [2.75, 3.05) is 6.54 Å². The van der Waals surface area contributed by atoms with Crippen LogP contribution in [0, 0.1) is 0 Å². The molecule has 0 aromatic heterocycles. The van der Waals surface area contributed by atoms with E-state index in [9.17, 15) is 9.59 Å². The molecule has 70 valence electrons. The zero-order valence-electron chi connectivity index (χ0n) is 7.70. The van der Waals surface area contributed by atoms with E-state index < -0.39 is 5.97 Å². The van der Waals surface area contributed by atoms with Gasteiger partial charge in [0.25, 0.3) is 0 Å². The van der Waals surface area contributed by atoms with Crippen LogP contribution in [0.1, 0.15) is 27.2 Å². The van der Waals surface area contributed by atoms with E-state index in [1.165, 1.54) is 4.90 Å². The number of carboxylic acids is 1. The van der Waals surface area contributed by atoms with Crippen LogP contribution in [0.2, 0.25) is 0 Å². The molecule has 1 amide bonds. The Hall–Kier alpha value is -1.06. The summed E-state index contributed by atoms with van der Waals surface area (Å²) in [5.41, 5.74) is 0. The smallest absolute Gasteiger partial charge is 0.323 e. The Morgan fingerprint density at radius 1 is 1.42 bits per heavy atom. The van der Waals surface area contributed by atoms with E-state index in [0.717, 1.165) is 0 Å². The van der Waals surface area contributed by atoms with Crippen LogP contribution in [-0.2, 0) is 9.59 Å². The Bertz CT molecular complexity index is 177. The van der Waals surface area contributed by atoms with Gasteiger partial charge in [-0.2, -0.15) is 0 Å². The molecule has 0 aliphatic carbocycles. The summed E-state index contributed by atoms with van der Waals surface area (Å²) in [5, 5.41) is 8.48. The summed E-state index contributed by atoms with van der Waals surface area (Å²) in [5.74, 6) is -1.09. The van der Waals surface area contributed by atoms with Gasteiger partial charge in [-0.3, -0.25) is 9.59 Å². The van der Waals surface area contributed by atoms with E-state index >= 15 is 0 Å². The van der Waals surface area contributed by atoms with Gasteiger partial charge in [-0.25, -0.2) is 0 Å². The van der Waals surface area contributed by atoms with Gasteiger partial charge in [0.2, 0.25) is 5.91 Å². The first kappa shape index (κ1) is 10.9. The van der Waals surface area contributed by atoms with Crippen LogP contribution in [0.5, 0.6) is 0 Å². The fourth-order valence-corrected chi connectivity index (χ4v) is 0.908. The Morgan fingerprint density at radius 2 is 1.92 bits per heavy atom. The van der Waals surface area contributed by atoms with E-state index in [1.54, 1.807) is 20.8 Å². The second-order valence-corrected chi connectivity index (χ2v) is 2.86. The average Bonchev–Trinajstić information content (AvgIpc) is 1.98. The molecule has 0 aromatic rings. The number of carboxylic acid groups (broad SMARTS) is 1. The van der Waals surface area contributed by atoms with E-state index in [2.05, 4.69) is 0 Å². The summed E-state index contributed by atoms with van der Waals surface area (Å²) in [4.78, 5) is 22.8. The van der Waals surface area contributed by atoms with Gasteiger partial charge >= 0.3 is 5.97 Å². The number of nitrogens with zero attached hydrogens (tertiary/aromatic N) is 1. The lowest BCUT2D eigenvalue weighted by Gasteiger charge is -2.24. The van der Waals surface area contributed by atoms with Gasteiger partial charge in [-0.05, 0) is 13.8 Å². The molecule has 0 radical (unpaired) electrons. The maximum atomic E-state index is 11.2. The topological polar surface area (TPSA) is 57.6 Å². The fraction of sp³-hybridized carbons (Fsp3) is 0.750. The van der Waals surface area contributed by atoms with E-state index in [-0.39, 0.29) is 18.5 Å². The number of carbonyl (C=O) groups excluding carboxylic acids is 1. The quantitative estimate of drug-likeness (QED) is 0.681. The second kappa shape index (κ2) is 4.74. The van der Waals surface area contributed by atoms with Gasteiger partial charge in [-0.15, -0.1) is 0 Å². The molecule has 12 heavy (non-hydrogen) atoms. The zero-order chi connectivity index (χ0) is 9.72. The Labute approximate surface area is 72.2 Å². The molecular weight excluding hydrogens is 158 g/mol. The molecule has 0 rings (SSSR count). The number of hydrogen-bond donors (Lipinski definition) is 1. The molecule has 0 unspecified atom stereocenters. The normalized spacial score (nSPS) is 10.0. The first-order valence-corrected chi connectivity index (χ1v) is 4.00. The summed E-state index contributed by atoms with van der Waals surface area (Å²) >= 11 is 0. The SMILES string of the molecule is CCC(=O)N(CC(=O)O)C(C)C. The number of aliphatic carboxylic acids is 1. The molecule has 0 aromatic carbocycles. The van der Waals surface area contributed by atoms with E-state index in [0.29, 0.717) is 6.42 Å². The third-order valence-corrected chi connectivity index (χ3v) is 1.55. The van der Waals surface area contributed by atoms with E-state index in [1.807, 2.05) is 0 Å². The third kappa shape index (κ3) is 3.37. The maximum absolute atomic E-state index is 11.2. The van der Waals surface area contributed by atoms with E-state index in [4.69, 9.17) is 5.11 Å². The minimum absolute atomic E-state index is 0.0476. The molecule has 1 N–H and O–H groups in total. The molecule has 0 aliphatic rings. The van der Waals surface area contributed by atoms with Crippen molar-refractivity contribution >= 4 is 11.9 Å². The largest absolute Gasteiger partial charge is 0.480 e. The first-order chi connectivity index (χ1) is 5.49. The highest BCUT2D eigenvalue weighted by atomic mass is 16.4. The third-order valence-electron chi connectivity index (χ3n) is 1.55. The number of amides is 1. The summed E-state index contributed by atoms with van der Waals surface area (Å²) in [6.45, 7) is 5.12. The lowest BCUT2D eigenvalue weighted by Crippen LogP contribution is -2.40. The van der Waals surface area contributed by atoms with Crippen LogP contribution < -0.4 is 0 Å². The molecule has 0 spiro atoms. The van der Waals surface area contributed by atoms with Crippen LogP contribution in [0.3, 0.4) is 0 Å². The lowest BCUT2D eigenvalue weighted by atomic mass is 10.3. The highest BCUT2D eigenvalue weighted by Gasteiger charge is 2.17. The predicted molar refractivity (Wildman–Crippen MR) is 44.8 cm³/mol. The molecule has 0 saturated heterocycles. The summed E-state index contributed by atoms with van der Waals surface area (Å²) in [7, 11) is 0. The summed E-state index contributed by atoms with van der Waals surface area (Å²) in [6.07, 6.45) is 0.353. The van der Waals surface area contributed by atoms with Crippen molar-refractivity contribution in [1.82, 2.24) is 4.90 Å². The molecule has 4 nitrogen and oxygen atoms in total. The summed E-state index contributed by atoms with van der Waals surface area (Å²) in [6, 6.07) is -0.0476. The van der Waals surface area contributed by atoms with Gasteiger partial charge in [0.15, 0.2) is 0 Å². The zero-order valence-corrected chi connectivity index (χ0v) is 7.70. The van der Waals surface area contributed by atoms with Crippen molar-refractivity contribution in [2.24, 2.45) is 0 Å². The average molecular weight is 173 g/mol. The Balaban J connectivity index is 4.23. The van der Waals surface area contributed by atoms with Gasteiger partial charge in [0.05, 0.1) is 0 Å². The Morgan fingerprint density at radius 3 is 2.17 bits per heavy atom. The number of rotatable bonds is 4. The van der Waals surface area contributed by atoms with Crippen molar-refractivity contribution in [3.8, 4) is 0 Å². The van der Waals surface area contributed by atoms with Crippen molar-refractivity contribution in [3.63, 3.8) is 0 Å². The van der Waals surface area contributed by atoms with Crippen LogP contribution in [-0.4, -0.2) is 34.5 Å². The van der Waals surface area contributed by atoms with Crippen molar-refractivity contribution < 1.29 is 14.7 Å². The molecular formula is C8H15NO3. The monoisotopic (exact) mass is 173 g/mol. The molecule has 0 fully saturated rings. The molecule has 0 saturated carbocycles. The maximum Gasteiger partial charge on any atom is 0.323 e. The minimum Gasteiger partial charge on any atom is -0.480 e. The highest BCUT2D eigenvalue weighted by Crippen LogP contribution is 2.00. The lowest BCUT2D eigenvalue weighted by molar-refractivity contribution is -0.145. The first-order valence-electron chi connectivity index (χ1n) is 4.00. The van der Waals surface area contributed by atoms with Gasteiger partial charge < -0.3 is 10.0 Å². The minimum atomic E-state index is -0.967. The molecule has 0 aliphatic heterocycles. The van der Waals surface area contributed by atoms with Gasteiger partial charge in [0.1, 0.15) is 6.54 Å². The van der Waals surface area contributed by atoms with Crippen molar-refractivity contribution in [1.29, 1.82) is 0 Å². The molecule has 0 bridgehead atoms. The predicted octanol–water partition coefficient (Wildman–Crippen LogP) is 0.718. The molecule has 0 atom stereocenters. The number of carbonyl (C=O) groups is 2. The Kier molecular flexibility index (Phi) is 4.33. The van der Waals surface area contributed by atoms with Gasteiger partial charge in [0, 0.05) is 12.5 Å². The van der Waals surface area contributed by atoms with Crippen LogP contribution >= 0.6 is 0 Å². The van der Waals surface area contributed by atoms with Crippen LogP contribution in [0.15, 0.2) is 0 Å². The highest BCUT2D eigenvalue weighted by molar-refractivity contribution is 5.81.